The van der Waals surface area contributed by atoms with E-state index in [1.54, 1.807) is 18.3 Å². The number of piperidine rings is 1. The van der Waals surface area contributed by atoms with Crippen LogP contribution in [0.25, 0.3) is 0 Å². The molecule has 3 heterocycles. The number of aliphatic carboxylic acids is 1. The number of aromatic nitrogens is 1. The summed E-state index contributed by atoms with van der Waals surface area (Å²) >= 11 is 0. The van der Waals surface area contributed by atoms with Crippen molar-refractivity contribution in [2.24, 2.45) is 0 Å². The maximum Gasteiger partial charge on any atom is 0.332 e. The summed E-state index contributed by atoms with van der Waals surface area (Å²) in [4.78, 5) is 33.2. The van der Waals surface area contributed by atoms with Crippen molar-refractivity contribution in [3.8, 4) is 0 Å². The minimum Gasteiger partial charge on any atom is -0.479 e. The topological polar surface area (TPSA) is 83.0 Å². The Balaban J connectivity index is 1.94. The monoisotopic (exact) mass is 347 g/mol. The Morgan fingerprint density at radius 3 is 2.68 bits per heavy atom. The first-order valence-electron chi connectivity index (χ1n) is 8.84. The number of methoxy groups -OCH3 is 1. The van der Waals surface area contributed by atoms with E-state index in [2.05, 4.69) is 9.88 Å². The predicted octanol–water partition coefficient (Wildman–Crippen LogP) is 1.78. The number of carboxylic acids is 1. The van der Waals surface area contributed by atoms with E-state index in [4.69, 9.17) is 4.74 Å². The summed E-state index contributed by atoms with van der Waals surface area (Å²) < 4.78 is 5.15. The van der Waals surface area contributed by atoms with Crippen LogP contribution in [0.3, 0.4) is 0 Å². The largest absolute Gasteiger partial charge is 0.479 e. The Labute approximate surface area is 147 Å². The van der Waals surface area contributed by atoms with Crippen molar-refractivity contribution < 1.29 is 19.4 Å². The van der Waals surface area contributed by atoms with E-state index in [1.807, 2.05) is 0 Å². The SMILES string of the molecule is COCC1(C(=O)O)CCCN1C(=O)c1cccnc1N1CCCCC1. The van der Waals surface area contributed by atoms with Crippen LogP contribution in [0.4, 0.5) is 5.82 Å². The molecule has 1 aromatic rings. The molecule has 0 aromatic carbocycles. The Bertz CT molecular complexity index is 645. The molecule has 136 valence electrons. The van der Waals surface area contributed by atoms with Gasteiger partial charge in [-0.3, -0.25) is 4.79 Å². The van der Waals surface area contributed by atoms with E-state index in [1.165, 1.54) is 18.4 Å². The molecular weight excluding hydrogens is 322 g/mol. The average Bonchev–Trinajstić information content (AvgIpc) is 3.07. The van der Waals surface area contributed by atoms with Crippen LogP contribution in [0.1, 0.15) is 42.5 Å². The van der Waals surface area contributed by atoms with Gasteiger partial charge in [0.25, 0.3) is 5.91 Å². The number of carbonyl (C=O) groups is 2. The van der Waals surface area contributed by atoms with Gasteiger partial charge in [-0.25, -0.2) is 9.78 Å². The van der Waals surface area contributed by atoms with Gasteiger partial charge in [-0.2, -0.15) is 0 Å². The van der Waals surface area contributed by atoms with Crippen LogP contribution in [0.5, 0.6) is 0 Å². The van der Waals surface area contributed by atoms with Crippen molar-refractivity contribution >= 4 is 17.7 Å². The molecule has 0 spiro atoms. The van der Waals surface area contributed by atoms with E-state index in [9.17, 15) is 14.7 Å². The van der Waals surface area contributed by atoms with Crippen LogP contribution >= 0.6 is 0 Å². The van der Waals surface area contributed by atoms with Crippen LogP contribution in [-0.4, -0.2) is 65.8 Å². The number of pyridine rings is 1. The van der Waals surface area contributed by atoms with Gasteiger partial charge >= 0.3 is 5.97 Å². The highest BCUT2D eigenvalue weighted by Crippen LogP contribution is 2.33. The highest BCUT2D eigenvalue weighted by molar-refractivity contribution is 6.02. The molecule has 2 aliphatic heterocycles. The number of likely N-dealkylation sites (tertiary alicyclic amines) is 1. The molecule has 3 rings (SSSR count). The molecule has 2 fully saturated rings. The molecule has 2 aliphatic rings. The molecule has 1 amide bonds. The number of hydrogen-bond acceptors (Lipinski definition) is 5. The summed E-state index contributed by atoms with van der Waals surface area (Å²) in [5.41, 5.74) is -0.811. The van der Waals surface area contributed by atoms with Gasteiger partial charge in [-0.15, -0.1) is 0 Å². The lowest BCUT2D eigenvalue weighted by molar-refractivity contribution is -0.151. The van der Waals surface area contributed by atoms with E-state index in [0.717, 1.165) is 25.9 Å². The number of amides is 1. The second-order valence-electron chi connectivity index (χ2n) is 6.75. The zero-order valence-corrected chi connectivity index (χ0v) is 14.6. The molecule has 7 heteroatoms. The zero-order chi connectivity index (χ0) is 17.9. The fraction of sp³-hybridized carbons (Fsp3) is 0.611. The third-order valence-electron chi connectivity index (χ3n) is 5.19. The van der Waals surface area contributed by atoms with Gasteiger partial charge in [0.1, 0.15) is 5.82 Å². The first-order valence-corrected chi connectivity index (χ1v) is 8.84. The first-order chi connectivity index (χ1) is 12.1. The highest BCUT2D eigenvalue weighted by Gasteiger charge is 2.50. The number of rotatable bonds is 5. The average molecular weight is 347 g/mol. The van der Waals surface area contributed by atoms with Crippen molar-refractivity contribution in [2.75, 3.05) is 38.3 Å². The quantitative estimate of drug-likeness (QED) is 0.874. The summed E-state index contributed by atoms with van der Waals surface area (Å²) in [5, 5.41) is 9.78. The summed E-state index contributed by atoms with van der Waals surface area (Å²) in [7, 11) is 1.47. The number of carboxylic acid groups (broad SMARTS) is 1. The van der Waals surface area contributed by atoms with Crippen molar-refractivity contribution in [2.45, 2.75) is 37.6 Å². The molecule has 0 bridgehead atoms. The lowest BCUT2D eigenvalue weighted by Crippen LogP contribution is -2.56. The zero-order valence-electron chi connectivity index (χ0n) is 14.6. The molecule has 2 saturated heterocycles. The second-order valence-corrected chi connectivity index (χ2v) is 6.75. The van der Waals surface area contributed by atoms with Gasteiger partial charge in [0.2, 0.25) is 0 Å². The Morgan fingerprint density at radius 2 is 2.00 bits per heavy atom. The molecular formula is C18H25N3O4. The predicted molar refractivity (Wildman–Crippen MR) is 92.8 cm³/mol. The standard InChI is InChI=1S/C18H25N3O4/c1-25-13-18(17(23)24)8-6-12-21(18)16(22)14-7-5-9-19-15(14)20-10-3-2-4-11-20/h5,7,9H,2-4,6,8,10-13H2,1H3,(H,23,24). The number of nitrogens with zero attached hydrogens (tertiary/aromatic N) is 3. The van der Waals surface area contributed by atoms with Gasteiger partial charge < -0.3 is 19.6 Å². The Morgan fingerprint density at radius 1 is 1.24 bits per heavy atom. The normalized spacial score (nSPS) is 23.7. The fourth-order valence-corrected chi connectivity index (χ4v) is 3.91. The summed E-state index contributed by atoms with van der Waals surface area (Å²) in [6.07, 6.45) is 6.09. The van der Waals surface area contributed by atoms with Crippen LogP contribution in [-0.2, 0) is 9.53 Å². The van der Waals surface area contributed by atoms with Crippen molar-refractivity contribution in [1.29, 1.82) is 0 Å². The molecule has 0 saturated carbocycles. The molecule has 0 aliphatic carbocycles. The molecule has 1 unspecified atom stereocenters. The van der Waals surface area contributed by atoms with Crippen LogP contribution < -0.4 is 4.90 Å². The first kappa shape index (κ1) is 17.7. The lowest BCUT2D eigenvalue weighted by atomic mass is 9.96. The molecule has 1 atom stereocenters. The smallest absolute Gasteiger partial charge is 0.332 e. The van der Waals surface area contributed by atoms with E-state index < -0.39 is 11.5 Å². The second kappa shape index (κ2) is 7.39. The van der Waals surface area contributed by atoms with Crippen LogP contribution in [0, 0.1) is 0 Å². The molecule has 1 N–H and O–H groups in total. The maximum absolute atomic E-state index is 13.2. The van der Waals surface area contributed by atoms with Gasteiger partial charge in [-0.05, 0) is 44.2 Å². The van der Waals surface area contributed by atoms with Gasteiger partial charge in [0, 0.05) is 32.9 Å². The highest BCUT2D eigenvalue weighted by atomic mass is 16.5. The fourth-order valence-electron chi connectivity index (χ4n) is 3.91. The summed E-state index contributed by atoms with van der Waals surface area (Å²) in [5.74, 6) is -0.620. The number of anilines is 1. The van der Waals surface area contributed by atoms with Crippen LogP contribution in [0.15, 0.2) is 18.3 Å². The van der Waals surface area contributed by atoms with E-state index in [-0.39, 0.29) is 12.5 Å². The van der Waals surface area contributed by atoms with Crippen molar-refractivity contribution in [3.63, 3.8) is 0 Å². The third-order valence-corrected chi connectivity index (χ3v) is 5.19. The van der Waals surface area contributed by atoms with Gasteiger partial charge in [0.05, 0.1) is 12.2 Å². The Hall–Kier alpha value is -2.15. The maximum atomic E-state index is 13.2. The number of carbonyl (C=O) groups excluding carboxylic acids is 1. The van der Waals surface area contributed by atoms with Gasteiger partial charge in [-0.1, -0.05) is 0 Å². The summed E-state index contributed by atoms with van der Waals surface area (Å²) in [6.45, 7) is 2.16. The third kappa shape index (κ3) is 3.20. The number of hydrogen-bond donors (Lipinski definition) is 1. The summed E-state index contributed by atoms with van der Waals surface area (Å²) in [6, 6.07) is 3.48. The molecule has 25 heavy (non-hydrogen) atoms. The van der Waals surface area contributed by atoms with E-state index >= 15 is 0 Å². The van der Waals surface area contributed by atoms with Crippen molar-refractivity contribution in [1.82, 2.24) is 9.88 Å². The molecule has 7 nitrogen and oxygen atoms in total. The molecule has 1 aromatic heterocycles. The lowest BCUT2D eigenvalue weighted by Gasteiger charge is -2.35. The van der Waals surface area contributed by atoms with Gasteiger partial charge in [0.15, 0.2) is 5.54 Å². The minimum atomic E-state index is -1.29. The van der Waals surface area contributed by atoms with Crippen LogP contribution in [0.2, 0.25) is 0 Å². The minimum absolute atomic E-state index is 0.00656. The Kier molecular flexibility index (Phi) is 5.22. The van der Waals surface area contributed by atoms with Crippen molar-refractivity contribution in [3.05, 3.63) is 23.9 Å². The molecule has 0 radical (unpaired) electrons. The number of ether oxygens (including phenoxy) is 1. The van der Waals surface area contributed by atoms with E-state index in [0.29, 0.717) is 30.8 Å².